The molecule has 7 heteroatoms. The molecule has 0 unspecified atom stereocenters. The van der Waals surface area contributed by atoms with Crippen molar-refractivity contribution in [2.45, 2.75) is 20.3 Å². The molecule has 0 aliphatic rings. The fraction of sp³-hybridized carbons (Fsp3) is 0.267. The van der Waals surface area contributed by atoms with Crippen LogP contribution < -0.4 is 11.5 Å². The van der Waals surface area contributed by atoms with Gasteiger partial charge in [-0.2, -0.15) is 0 Å². The number of halogens is 2. The van der Waals surface area contributed by atoms with E-state index in [1.807, 2.05) is 6.92 Å². The molecule has 0 fully saturated rings. The molecule has 0 bridgehead atoms. The lowest BCUT2D eigenvalue weighted by Crippen LogP contribution is -2.07. The summed E-state index contributed by atoms with van der Waals surface area (Å²) < 4.78 is 13.8. The summed E-state index contributed by atoms with van der Waals surface area (Å²) in [7, 11) is 0. The molecule has 4 N–H and O–H groups in total. The first-order valence-electron chi connectivity index (χ1n) is 6.70. The molecule has 1 rings (SSSR count). The van der Waals surface area contributed by atoms with E-state index >= 15 is 0 Å². The number of benzene rings is 1. The highest BCUT2D eigenvalue weighted by Crippen LogP contribution is 2.21. The van der Waals surface area contributed by atoms with E-state index in [9.17, 15) is 4.39 Å². The van der Waals surface area contributed by atoms with Crippen LogP contribution in [0.3, 0.4) is 0 Å². The third-order valence-corrected chi connectivity index (χ3v) is 3.50. The SMILES string of the molecule is CCN=C(Br)C(=CN)CC(N=CN)=Nc1ccc(F)cc1C. The zero-order valence-corrected chi connectivity index (χ0v) is 14.1. The molecule has 0 radical (unpaired) electrons. The smallest absolute Gasteiger partial charge is 0.135 e. The molecule has 0 saturated heterocycles. The molecule has 1 aromatic carbocycles. The van der Waals surface area contributed by atoms with Crippen LogP contribution in [0.25, 0.3) is 0 Å². The molecule has 0 spiro atoms. The Hall–Kier alpha value is -2.02. The van der Waals surface area contributed by atoms with Crippen LogP contribution in [-0.2, 0) is 0 Å². The van der Waals surface area contributed by atoms with Crippen LogP contribution in [0, 0.1) is 12.7 Å². The van der Waals surface area contributed by atoms with Gasteiger partial charge in [0.15, 0.2) is 0 Å². The molecule has 0 heterocycles. The maximum Gasteiger partial charge on any atom is 0.135 e. The maximum absolute atomic E-state index is 13.1. The fourth-order valence-corrected chi connectivity index (χ4v) is 2.22. The summed E-state index contributed by atoms with van der Waals surface area (Å²) in [6, 6.07) is 4.36. The monoisotopic (exact) mass is 367 g/mol. The van der Waals surface area contributed by atoms with Crippen molar-refractivity contribution in [3.05, 3.63) is 41.4 Å². The topological polar surface area (TPSA) is 89.1 Å². The number of hydrogen-bond acceptors (Lipinski definition) is 3. The summed E-state index contributed by atoms with van der Waals surface area (Å²) in [6.07, 6.45) is 2.96. The molecule has 0 aliphatic carbocycles. The Balaban J connectivity index is 3.13. The number of amidine groups is 1. The Labute approximate surface area is 137 Å². The van der Waals surface area contributed by atoms with E-state index in [-0.39, 0.29) is 5.82 Å². The van der Waals surface area contributed by atoms with Crippen LogP contribution >= 0.6 is 15.9 Å². The molecule has 0 aromatic heterocycles. The molecule has 118 valence electrons. The van der Waals surface area contributed by atoms with Crippen LogP contribution in [0.2, 0.25) is 0 Å². The first-order valence-corrected chi connectivity index (χ1v) is 7.50. The van der Waals surface area contributed by atoms with Gasteiger partial charge in [-0.25, -0.2) is 14.4 Å². The van der Waals surface area contributed by atoms with E-state index in [4.69, 9.17) is 11.5 Å². The molecule has 1 aromatic rings. The minimum Gasteiger partial charge on any atom is -0.404 e. The number of hydrogen-bond donors (Lipinski definition) is 2. The Bertz CT molecular complexity index is 635. The lowest BCUT2D eigenvalue weighted by atomic mass is 10.2. The lowest BCUT2D eigenvalue weighted by molar-refractivity contribution is 0.627. The van der Waals surface area contributed by atoms with Crippen molar-refractivity contribution >= 4 is 38.4 Å². The van der Waals surface area contributed by atoms with E-state index in [2.05, 4.69) is 30.9 Å². The summed E-state index contributed by atoms with van der Waals surface area (Å²) in [5, 5.41) is 0. The number of nitrogens with zero attached hydrogens (tertiary/aromatic N) is 3. The van der Waals surface area contributed by atoms with Gasteiger partial charge in [0, 0.05) is 24.7 Å². The van der Waals surface area contributed by atoms with Gasteiger partial charge in [-0.3, -0.25) is 4.99 Å². The van der Waals surface area contributed by atoms with Crippen LogP contribution in [0.15, 0.2) is 44.9 Å². The van der Waals surface area contributed by atoms with Crippen molar-refractivity contribution < 1.29 is 4.39 Å². The zero-order chi connectivity index (χ0) is 16.5. The number of rotatable bonds is 5. The zero-order valence-electron chi connectivity index (χ0n) is 12.6. The normalized spacial score (nSPS) is 13.9. The van der Waals surface area contributed by atoms with Gasteiger partial charge in [0.1, 0.15) is 16.3 Å². The lowest BCUT2D eigenvalue weighted by Gasteiger charge is -2.07. The summed E-state index contributed by atoms with van der Waals surface area (Å²) in [6.45, 7) is 4.33. The fourth-order valence-electron chi connectivity index (χ4n) is 1.69. The van der Waals surface area contributed by atoms with Gasteiger partial charge in [0.2, 0.25) is 0 Å². The average Bonchev–Trinajstić information content (AvgIpc) is 2.47. The van der Waals surface area contributed by atoms with Gasteiger partial charge in [-0.15, -0.1) is 0 Å². The first-order chi connectivity index (χ1) is 10.5. The van der Waals surface area contributed by atoms with Crippen LogP contribution in [0.4, 0.5) is 10.1 Å². The van der Waals surface area contributed by atoms with Crippen molar-refractivity contribution in [2.24, 2.45) is 26.4 Å². The highest BCUT2D eigenvalue weighted by Gasteiger charge is 2.08. The van der Waals surface area contributed by atoms with Gasteiger partial charge in [0.25, 0.3) is 0 Å². The minimum absolute atomic E-state index is 0.305. The molecule has 22 heavy (non-hydrogen) atoms. The first kappa shape index (κ1) is 18.0. The molecule has 0 atom stereocenters. The van der Waals surface area contributed by atoms with Gasteiger partial charge in [-0.05, 0) is 53.5 Å². The summed E-state index contributed by atoms with van der Waals surface area (Å²) >= 11 is 3.37. The van der Waals surface area contributed by atoms with Crippen LogP contribution in [0.5, 0.6) is 0 Å². The Morgan fingerprint density at radius 1 is 1.36 bits per heavy atom. The Kier molecular flexibility index (Phi) is 7.45. The molecule has 0 amide bonds. The van der Waals surface area contributed by atoms with Crippen molar-refractivity contribution in [1.82, 2.24) is 0 Å². The van der Waals surface area contributed by atoms with Crippen LogP contribution in [-0.4, -0.2) is 23.3 Å². The summed E-state index contributed by atoms with van der Waals surface area (Å²) in [4.78, 5) is 12.7. The highest BCUT2D eigenvalue weighted by molar-refractivity contribution is 9.18. The summed E-state index contributed by atoms with van der Waals surface area (Å²) in [5.41, 5.74) is 13.1. The largest absolute Gasteiger partial charge is 0.404 e. The van der Waals surface area contributed by atoms with Crippen molar-refractivity contribution in [3.63, 3.8) is 0 Å². The standard InChI is InChI=1S/C15H19BrFN5/c1-3-20-15(16)11(8-18)7-14(21-9-19)22-13-5-4-12(17)6-10(13)2/h4-6,8-9H,3,7,18H2,1-2H3,(H2,19,21,22). The molecule has 0 saturated carbocycles. The van der Waals surface area contributed by atoms with Gasteiger partial charge < -0.3 is 11.5 Å². The van der Waals surface area contributed by atoms with Crippen molar-refractivity contribution in [3.8, 4) is 0 Å². The van der Waals surface area contributed by atoms with Gasteiger partial charge >= 0.3 is 0 Å². The average molecular weight is 368 g/mol. The quantitative estimate of drug-likeness (QED) is 0.617. The van der Waals surface area contributed by atoms with Gasteiger partial charge in [-0.1, -0.05) is 0 Å². The Morgan fingerprint density at radius 3 is 2.64 bits per heavy atom. The predicted octanol–water partition coefficient (Wildman–Crippen LogP) is 3.20. The third kappa shape index (κ3) is 5.40. The molecular weight excluding hydrogens is 349 g/mol. The second kappa shape index (κ2) is 9.09. The van der Waals surface area contributed by atoms with Crippen molar-refractivity contribution in [1.29, 1.82) is 0 Å². The molecule has 5 nitrogen and oxygen atoms in total. The second-order valence-corrected chi connectivity index (χ2v) is 5.12. The molecule has 0 aliphatic heterocycles. The number of aliphatic imine (C=N–C) groups is 3. The van der Waals surface area contributed by atoms with Crippen LogP contribution in [0.1, 0.15) is 18.9 Å². The van der Waals surface area contributed by atoms with E-state index in [1.54, 1.807) is 13.0 Å². The Morgan fingerprint density at radius 2 is 2.09 bits per heavy atom. The van der Waals surface area contributed by atoms with E-state index in [0.29, 0.717) is 34.7 Å². The summed E-state index contributed by atoms with van der Waals surface area (Å²) in [5.74, 6) is 0.151. The minimum atomic E-state index is -0.305. The maximum atomic E-state index is 13.1. The van der Waals surface area contributed by atoms with Crippen molar-refractivity contribution in [2.75, 3.05) is 6.54 Å². The third-order valence-electron chi connectivity index (χ3n) is 2.74. The van der Waals surface area contributed by atoms with E-state index < -0.39 is 0 Å². The number of aryl methyl sites for hydroxylation is 1. The van der Waals surface area contributed by atoms with E-state index in [1.165, 1.54) is 18.3 Å². The van der Waals surface area contributed by atoms with Gasteiger partial charge in [0.05, 0.1) is 12.0 Å². The number of nitrogens with two attached hydrogens (primary N) is 2. The predicted molar refractivity (Wildman–Crippen MR) is 94.7 cm³/mol. The second-order valence-electron chi connectivity index (χ2n) is 4.37. The molecular formula is C15H19BrFN5. The highest BCUT2D eigenvalue weighted by atomic mass is 79.9. The van der Waals surface area contributed by atoms with E-state index in [0.717, 1.165) is 11.9 Å².